The third-order valence-corrected chi connectivity index (χ3v) is 3.58. The number of hydrogen-bond acceptors (Lipinski definition) is 2. The van der Waals surface area contributed by atoms with E-state index in [4.69, 9.17) is 0 Å². The Morgan fingerprint density at radius 2 is 2.00 bits per heavy atom. The predicted octanol–water partition coefficient (Wildman–Crippen LogP) is 3.27. The summed E-state index contributed by atoms with van der Waals surface area (Å²) < 4.78 is 0. The first-order chi connectivity index (χ1) is 4.85. The lowest BCUT2D eigenvalue weighted by Crippen LogP contribution is -2.04. The first kappa shape index (κ1) is 10.7. The fourth-order valence-corrected chi connectivity index (χ4v) is 2.78. The second-order valence-electron chi connectivity index (χ2n) is 2.46. The summed E-state index contributed by atoms with van der Waals surface area (Å²) in [6, 6.07) is 0. The lowest BCUT2D eigenvalue weighted by Gasteiger charge is -2.10. The average molecular weight is 178 g/mol. The Bertz CT molecular complexity index is 64.3. The van der Waals surface area contributed by atoms with Gasteiger partial charge in [-0.05, 0) is 18.9 Å². The molecule has 62 valence electrons. The standard InChI is InChI=1S/C8H18S2/c1-4-5-6-8(10-3)7-9-2/h8H,4-7H2,1-3H3. The molecule has 0 aromatic carbocycles. The van der Waals surface area contributed by atoms with Crippen LogP contribution in [0.4, 0.5) is 0 Å². The molecule has 1 atom stereocenters. The van der Waals surface area contributed by atoms with E-state index >= 15 is 0 Å². The van der Waals surface area contributed by atoms with Gasteiger partial charge in [-0.25, -0.2) is 0 Å². The largest absolute Gasteiger partial charge is 0.164 e. The molecular weight excluding hydrogens is 160 g/mol. The third kappa shape index (κ3) is 5.48. The zero-order valence-corrected chi connectivity index (χ0v) is 8.86. The molecule has 0 spiro atoms. The van der Waals surface area contributed by atoms with Gasteiger partial charge in [-0.15, -0.1) is 0 Å². The Labute approximate surface area is 73.5 Å². The van der Waals surface area contributed by atoms with E-state index < -0.39 is 0 Å². The van der Waals surface area contributed by atoms with Crippen molar-refractivity contribution in [1.82, 2.24) is 0 Å². The van der Waals surface area contributed by atoms with Crippen LogP contribution < -0.4 is 0 Å². The highest BCUT2D eigenvalue weighted by molar-refractivity contribution is 8.02. The van der Waals surface area contributed by atoms with Gasteiger partial charge < -0.3 is 0 Å². The highest BCUT2D eigenvalue weighted by Gasteiger charge is 2.03. The Morgan fingerprint density at radius 1 is 1.30 bits per heavy atom. The van der Waals surface area contributed by atoms with Gasteiger partial charge in [0.05, 0.1) is 0 Å². The van der Waals surface area contributed by atoms with E-state index in [1.54, 1.807) is 0 Å². The molecule has 0 radical (unpaired) electrons. The van der Waals surface area contributed by atoms with Crippen LogP contribution in [0.5, 0.6) is 0 Å². The average Bonchev–Trinajstić information content (AvgIpc) is 1.98. The van der Waals surface area contributed by atoms with Crippen molar-refractivity contribution in [3.8, 4) is 0 Å². The summed E-state index contributed by atoms with van der Waals surface area (Å²) in [5, 5.41) is 0.898. The van der Waals surface area contributed by atoms with Crippen LogP contribution in [0.1, 0.15) is 26.2 Å². The molecule has 0 N–H and O–H groups in total. The minimum absolute atomic E-state index is 0.898. The summed E-state index contributed by atoms with van der Waals surface area (Å²) in [4.78, 5) is 0. The van der Waals surface area contributed by atoms with Crippen molar-refractivity contribution in [3.05, 3.63) is 0 Å². The molecule has 0 saturated heterocycles. The molecule has 0 bridgehead atoms. The molecule has 0 rings (SSSR count). The number of unbranched alkanes of at least 4 members (excludes halogenated alkanes) is 1. The van der Waals surface area contributed by atoms with Crippen LogP contribution in [0, 0.1) is 0 Å². The smallest absolute Gasteiger partial charge is 0.0135 e. The van der Waals surface area contributed by atoms with Gasteiger partial charge >= 0.3 is 0 Å². The summed E-state index contributed by atoms with van der Waals surface area (Å²) in [7, 11) is 0. The zero-order chi connectivity index (χ0) is 7.82. The van der Waals surface area contributed by atoms with Gasteiger partial charge in [0, 0.05) is 11.0 Å². The van der Waals surface area contributed by atoms with E-state index in [-0.39, 0.29) is 0 Å². The van der Waals surface area contributed by atoms with Gasteiger partial charge in [-0.3, -0.25) is 0 Å². The Morgan fingerprint density at radius 3 is 2.40 bits per heavy atom. The van der Waals surface area contributed by atoms with Crippen LogP contribution in [0.3, 0.4) is 0 Å². The van der Waals surface area contributed by atoms with E-state index in [9.17, 15) is 0 Å². The molecule has 0 saturated carbocycles. The maximum absolute atomic E-state index is 2.26. The maximum atomic E-state index is 2.26. The van der Waals surface area contributed by atoms with Crippen molar-refractivity contribution in [2.45, 2.75) is 31.4 Å². The second-order valence-corrected chi connectivity index (χ2v) is 4.50. The molecule has 0 aliphatic rings. The molecule has 0 aliphatic carbocycles. The summed E-state index contributed by atoms with van der Waals surface area (Å²) in [6.45, 7) is 2.26. The first-order valence-corrected chi connectivity index (χ1v) is 6.55. The lowest BCUT2D eigenvalue weighted by molar-refractivity contribution is 0.718. The van der Waals surface area contributed by atoms with Gasteiger partial charge in [-0.2, -0.15) is 23.5 Å². The van der Waals surface area contributed by atoms with Crippen molar-refractivity contribution in [2.24, 2.45) is 0 Å². The molecule has 2 heteroatoms. The zero-order valence-electron chi connectivity index (χ0n) is 7.22. The van der Waals surface area contributed by atoms with Gasteiger partial charge in [-0.1, -0.05) is 19.8 Å². The minimum atomic E-state index is 0.898. The normalized spacial score (nSPS) is 13.5. The summed E-state index contributed by atoms with van der Waals surface area (Å²) in [5.41, 5.74) is 0. The topological polar surface area (TPSA) is 0 Å². The summed E-state index contributed by atoms with van der Waals surface area (Å²) in [5.74, 6) is 1.32. The SMILES string of the molecule is CCCCC(CSC)SC. The first-order valence-electron chi connectivity index (χ1n) is 3.86. The lowest BCUT2D eigenvalue weighted by atomic mass is 10.2. The van der Waals surface area contributed by atoms with Crippen molar-refractivity contribution in [2.75, 3.05) is 18.3 Å². The van der Waals surface area contributed by atoms with Crippen molar-refractivity contribution in [1.29, 1.82) is 0 Å². The summed E-state index contributed by atoms with van der Waals surface area (Å²) >= 11 is 3.98. The van der Waals surface area contributed by atoms with Crippen LogP contribution in [-0.4, -0.2) is 23.5 Å². The van der Waals surface area contributed by atoms with E-state index in [2.05, 4.69) is 19.4 Å². The second kappa shape index (κ2) is 7.80. The minimum Gasteiger partial charge on any atom is -0.164 e. The fraction of sp³-hybridized carbons (Fsp3) is 1.00. The van der Waals surface area contributed by atoms with Crippen LogP contribution in [0.2, 0.25) is 0 Å². The Balaban J connectivity index is 3.21. The molecule has 0 aromatic rings. The molecular formula is C8H18S2. The molecule has 0 amide bonds. The van der Waals surface area contributed by atoms with Crippen LogP contribution in [0.25, 0.3) is 0 Å². The van der Waals surface area contributed by atoms with E-state index in [0.717, 1.165) is 5.25 Å². The van der Waals surface area contributed by atoms with Crippen LogP contribution >= 0.6 is 23.5 Å². The highest BCUT2D eigenvalue weighted by atomic mass is 32.2. The van der Waals surface area contributed by atoms with Crippen LogP contribution in [0.15, 0.2) is 0 Å². The highest BCUT2D eigenvalue weighted by Crippen LogP contribution is 2.17. The van der Waals surface area contributed by atoms with E-state index in [1.807, 2.05) is 23.5 Å². The summed E-state index contributed by atoms with van der Waals surface area (Å²) in [6.07, 6.45) is 8.54. The number of rotatable bonds is 6. The molecule has 0 heterocycles. The van der Waals surface area contributed by atoms with Gasteiger partial charge in [0.15, 0.2) is 0 Å². The molecule has 0 aliphatic heterocycles. The quantitative estimate of drug-likeness (QED) is 0.612. The Kier molecular flexibility index (Phi) is 8.35. The van der Waals surface area contributed by atoms with Crippen molar-refractivity contribution < 1.29 is 0 Å². The van der Waals surface area contributed by atoms with Crippen molar-refractivity contribution >= 4 is 23.5 Å². The van der Waals surface area contributed by atoms with E-state index in [1.165, 1.54) is 25.0 Å². The van der Waals surface area contributed by atoms with Gasteiger partial charge in [0.1, 0.15) is 0 Å². The van der Waals surface area contributed by atoms with Gasteiger partial charge in [0.2, 0.25) is 0 Å². The van der Waals surface area contributed by atoms with E-state index in [0.29, 0.717) is 0 Å². The number of hydrogen-bond donors (Lipinski definition) is 0. The number of thioether (sulfide) groups is 2. The molecule has 1 unspecified atom stereocenters. The third-order valence-electron chi connectivity index (χ3n) is 1.57. The molecule has 0 aromatic heterocycles. The molecule has 0 nitrogen and oxygen atoms in total. The Hall–Kier alpha value is 0.700. The maximum Gasteiger partial charge on any atom is 0.0135 e. The van der Waals surface area contributed by atoms with Gasteiger partial charge in [0.25, 0.3) is 0 Å². The van der Waals surface area contributed by atoms with Crippen LogP contribution in [-0.2, 0) is 0 Å². The molecule has 0 fully saturated rings. The van der Waals surface area contributed by atoms with Crippen molar-refractivity contribution in [3.63, 3.8) is 0 Å². The fourth-order valence-electron chi connectivity index (χ4n) is 0.887. The monoisotopic (exact) mass is 178 g/mol. The molecule has 10 heavy (non-hydrogen) atoms. The predicted molar refractivity (Wildman–Crippen MR) is 55.2 cm³/mol.